The molecule has 204 valence electrons. The third-order valence-electron chi connectivity index (χ3n) is 8.46. The maximum absolute atomic E-state index is 14.4. The fraction of sp³-hybridized carbons (Fsp3) is 0.552. The molecule has 0 aromatic heterocycles. The zero-order valence-corrected chi connectivity index (χ0v) is 22.8. The van der Waals surface area contributed by atoms with Gasteiger partial charge in [-0.05, 0) is 49.9 Å². The van der Waals surface area contributed by atoms with Gasteiger partial charge in [0, 0.05) is 43.5 Å². The lowest BCUT2D eigenvalue weighted by atomic mass is 9.73. The maximum atomic E-state index is 14.4. The number of hydrogen-bond donors (Lipinski definition) is 1. The molecule has 2 saturated heterocycles. The first-order valence-corrected chi connectivity index (χ1v) is 14.0. The predicted octanol–water partition coefficient (Wildman–Crippen LogP) is 3.18. The minimum Gasteiger partial charge on any atom is -0.396 e. The van der Waals surface area contributed by atoms with Crippen LogP contribution in [0.25, 0.3) is 0 Å². The highest BCUT2D eigenvalue weighted by molar-refractivity contribution is 6.30. The Hall–Kier alpha value is -2.68. The van der Waals surface area contributed by atoms with Crippen molar-refractivity contribution in [3.05, 3.63) is 53.6 Å². The Balaban J connectivity index is 1.63. The molecule has 5 rings (SSSR count). The van der Waals surface area contributed by atoms with Crippen molar-refractivity contribution >= 4 is 35.0 Å². The fourth-order valence-electron chi connectivity index (χ4n) is 6.77. The Morgan fingerprint density at radius 1 is 0.947 bits per heavy atom. The minimum absolute atomic E-state index is 0.000648. The van der Waals surface area contributed by atoms with Crippen LogP contribution < -0.4 is 4.90 Å². The summed E-state index contributed by atoms with van der Waals surface area (Å²) in [6.45, 7) is 5.68. The number of unbranched alkanes of at least 4 members (excludes halogenated alkanes) is 1. The predicted molar refractivity (Wildman–Crippen MR) is 145 cm³/mol. The zero-order valence-electron chi connectivity index (χ0n) is 22.0. The normalized spacial score (nSPS) is 32.4. The number of benzene rings is 1. The summed E-state index contributed by atoms with van der Waals surface area (Å²) < 4.78 is 6.95. The third kappa shape index (κ3) is 4.08. The number of rotatable bonds is 8. The summed E-state index contributed by atoms with van der Waals surface area (Å²) in [5, 5.41) is 9.96. The number of aliphatic hydroxyl groups excluding tert-OH is 1. The van der Waals surface area contributed by atoms with E-state index in [9.17, 15) is 19.5 Å². The van der Waals surface area contributed by atoms with Crippen LogP contribution in [0.2, 0.25) is 5.02 Å². The van der Waals surface area contributed by atoms with Crippen molar-refractivity contribution in [2.75, 3.05) is 37.7 Å². The molecule has 9 heteroatoms. The lowest BCUT2D eigenvalue weighted by Crippen LogP contribution is -2.56. The van der Waals surface area contributed by atoms with Crippen LogP contribution in [-0.4, -0.2) is 82.7 Å². The molecular weight excluding hydrogens is 506 g/mol. The van der Waals surface area contributed by atoms with Crippen LogP contribution >= 0.6 is 11.6 Å². The number of carbonyl (C=O) groups excluding carboxylic acids is 3. The Kier molecular flexibility index (Phi) is 7.42. The van der Waals surface area contributed by atoms with E-state index >= 15 is 0 Å². The topological polar surface area (TPSA) is 90.4 Å². The first-order chi connectivity index (χ1) is 18.3. The van der Waals surface area contributed by atoms with Crippen molar-refractivity contribution in [2.24, 2.45) is 11.8 Å². The number of likely N-dealkylation sites (tertiary alicyclic amines) is 1. The van der Waals surface area contributed by atoms with E-state index in [-0.39, 0.29) is 24.3 Å². The van der Waals surface area contributed by atoms with Gasteiger partial charge < -0.3 is 24.5 Å². The SMILES string of the molecule is CCCN1CC=C[C@]2(CC)O[C@]34C=CCN(c5ccc(Cl)cc5)C(=O)C3N(CCCCO)C(=O)[C@@H]4[C@@H]2C1=O. The third-order valence-corrected chi connectivity index (χ3v) is 8.71. The van der Waals surface area contributed by atoms with Gasteiger partial charge >= 0.3 is 0 Å². The number of aliphatic hydroxyl groups is 1. The molecule has 1 spiro atoms. The Morgan fingerprint density at radius 3 is 2.37 bits per heavy atom. The molecule has 8 nitrogen and oxygen atoms in total. The Bertz CT molecular complexity index is 1150. The van der Waals surface area contributed by atoms with Crippen LogP contribution in [0.4, 0.5) is 5.69 Å². The lowest BCUT2D eigenvalue weighted by Gasteiger charge is -2.38. The molecule has 0 aliphatic carbocycles. The average Bonchev–Trinajstić information content (AvgIpc) is 3.20. The maximum Gasteiger partial charge on any atom is 0.253 e. The molecule has 4 aliphatic rings. The van der Waals surface area contributed by atoms with Gasteiger partial charge in [0.05, 0.1) is 17.4 Å². The van der Waals surface area contributed by atoms with Gasteiger partial charge in [0.15, 0.2) is 0 Å². The summed E-state index contributed by atoms with van der Waals surface area (Å²) in [4.78, 5) is 47.8. The van der Waals surface area contributed by atoms with Crippen LogP contribution in [0.3, 0.4) is 0 Å². The van der Waals surface area contributed by atoms with E-state index < -0.39 is 29.1 Å². The highest BCUT2D eigenvalue weighted by Crippen LogP contribution is 2.58. The van der Waals surface area contributed by atoms with Crippen molar-refractivity contribution < 1.29 is 24.2 Å². The second-order valence-electron chi connectivity index (χ2n) is 10.6. The van der Waals surface area contributed by atoms with Gasteiger partial charge in [-0.25, -0.2) is 0 Å². The van der Waals surface area contributed by atoms with Gasteiger partial charge in [0.2, 0.25) is 11.8 Å². The summed E-state index contributed by atoms with van der Waals surface area (Å²) in [6.07, 6.45) is 10.0. The van der Waals surface area contributed by atoms with Gasteiger partial charge in [-0.3, -0.25) is 14.4 Å². The summed E-state index contributed by atoms with van der Waals surface area (Å²) in [6, 6.07) is 6.12. The number of anilines is 1. The molecule has 4 heterocycles. The summed E-state index contributed by atoms with van der Waals surface area (Å²) in [5.41, 5.74) is -1.57. The highest BCUT2D eigenvalue weighted by atomic mass is 35.5. The minimum atomic E-state index is -1.27. The molecule has 3 amide bonds. The smallest absolute Gasteiger partial charge is 0.253 e. The summed E-state index contributed by atoms with van der Waals surface area (Å²) >= 11 is 6.10. The molecular formula is C29H36ClN3O5. The Labute approximate surface area is 228 Å². The molecule has 1 aromatic rings. The second kappa shape index (κ2) is 10.5. The molecule has 1 N–H and O–H groups in total. The van der Waals surface area contributed by atoms with E-state index in [0.29, 0.717) is 56.2 Å². The van der Waals surface area contributed by atoms with Gasteiger partial charge in [-0.2, -0.15) is 0 Å². The molecule has 0 bridgehead atoms. The lowest BCUT2D eigenvalue weighted by molar-refractivity contribution is -0.150. The summed E-state index contributed by atoms with van der Waals surface area (Å²) in [5.74, 6) is -2.12. The first kappa shape index (κ1) is 26.9. The van der Waals surface area contributed by atoms with E-state index in [1.807, 2.05) is 38.2 Å². The number of amides is 3. The number of carbonyl (C=O) groups is 3. The molecule has 4 aliphatic heterocycles. The second-order valence-corrected chi connectivity index (χ2v) is 11.0. The average molecular weight is 542 g/mol. The number of ether oxygens (including phenoxy) is 1. The number of nitrogens with zero attached hydrogens (tertiary/aromatic N) is 3. The van der Waals surface area contributed by atoms with Crippen LogP contribution in [0.15, 0.2) is 48.6 Å². The monoisotopic (exact) mass is 541 g/mol. The van der Waals surface area contributed by atoms with Gasteiger partial charge in [-0.15, -0.1) is 0 Å². The highest BCUT2D eigenvalue weighted by Gasteiger charge is 2.75. The molecule has 0 saturated carbocycles. The summed E-state index contributed by atoms with van der Waals surface area (Å²) in [7, 11) is 0. The van der Waals surface area contributed by atoms with Gasteiger partial charge in [0.25, 0.3) is 5.91 Å². The molecule has 5 atom stereocenters. The van der Waals surface area contributed by atoms with Crippen molar-refractivity contribution in [2.45, 2.75) is 56.8 Å². The Morgan fingerprint density at radius 2 is 1.68 bits per heavy atom. The van der Waals surface area contributed by atoms with Crippen molar-refractivity contribution in [1.82, 2.24) is 9.80 Å². The number of fused-ring (bicyclic) bond motifs is 2. The quantitative estimate of drug-likeness (QED) is 0.403. The molecule has 2 fully saturated rings. The van der Waals surface area contributed by atoms with Gasteiger partial charge in [0.1, 0.15) is 11.6 Å². The van der Waals surface area contributed by atoms with Crippen LogP contribution in [0.1, 0.15) is 39.5 Å². The van der Waals surface area contributed by atoms with E-state index in [4.69, 9.17) is 16.3 Å². The molecule has 0 radical (unpaired) electrons. The van der Waals surface area contributed by atoms with Gasteiger partial charge in [-0.1, -0.05) is 49.8 Å². The van der Waals surface area contributed by atoms with Crippen LogP contribution in [0.5, 0.6) is 0 Å². The van der Waals surface area contributed by atoms with Crippen LogP contribution in [0, 0.1) is 11.8 Å². The first-order valence-electron chi connectivity index (χ1n) is 13.7. The molecule has 1 aromatic carbocycles. The number of halogens is 1. The largest absolute Gasteiger partial charge is 0.396 e. The van der Waals surface area contributed by atoms with E-state index in [2.05, 4.69) is 0 Å². The zero-order chi connectivity index (χ0) is 27.1. The van der Waals surface area contributed by atoms with Crippen molar-refractivity contribution in [3.63, 3.8) is 0 Å². The standard InChI is InChI=1S/C29H36ClN3O5/c1-3-15-31-16-7-13-28(4-2)22(25(31)35)23-26(36)33(17-5-6-19-34)24-27(37)32(18-8-14-29(23,24)38-28)21-11-9-20(30)10-12-21/h7-14,22-24,34H,3-6,15-19H2,1-2H3/t22-,23+,24?,28+,29+/m1/s1. The number of hydrogen-bond acceptors (Lipinski definition) is 5. The van der Waals surface area contributed by atoms with Crippen molar-refractivity contribution in [3.8, 4) is 0 Å². The molecule has 1 unspecified atom stereocenters. The fourth-order valence-corrected chi connectivity index (χ4v) is 6.89. The van der Waals surface area contributed by atoms with E-state index in [0.717, 1.165) is 6.42 Å². The van der Waals surface area contributed by atoms with Crippen LogP contribution in [-0.2, 0) is 19.1 Å². The van der Waals surface area contributed by atoms with E-state index in [1.165, 1.54) is 0 Å². The molecule has 38 heavy (non-hydrogen) atoms. The van der Waals surface area contributed by atoms with E-state index in [1.54, 1.807) is 39.0 Å². The van der Waals surface area contributed by atoms with Crippen molar-refractivity contribution in [1.29, 1.82) is 0 Å².